The van der Waals surface area contributed by atoms with Crippen LogP contribution in [0.3, 0.4) is 0 Å². The zero-order valence-corrected chi connectivity index (χ0v) is 13.4. The first-order chi connectivity index (χ1) is 10.8. The van der Waals surface area contributed by atoms with E-state index in [4.69, 9.17) is 5.26 Å². The van der Waals surface area contributed by atoms with Gasteiger partial charge in [-0.1, -0.05) is 0 Å². The van der Waals surface area contributed by atoms with Gasteiger partial charge in [-0.05, 0) is 50.9 Å². The van der Waals surface area contributed by atoms with Crippen LogP contribution in [0.25, 0.3) is 0 Å². The van der Waals surface area contributed by atoms with Gasteiger partial charge in [0.05, 0.1) is 18.2 Å². The van der Waals surface area contributed by atoms with Crippen molar-refractivity contribution in [2.45, 2.75) is 74.2 Å². The second-order valence-electron chi connectivity index (χ2n) is 8.39. The molecular weight excluding hydrogens is 297 g/mol. The number of aliphatic hydroxyl groups is 1. The maximum absolute atomic E-state index is 15.0. The Morgan fingerprint density at radius 3 is 2.87 bits per heavy atom. The van der Waals surface area contributed by atoms with E-state index in [1.807, 2.05) is 0 Å². The molecule has 4 unspecified atom stereocenters. The highest BCUT2D eigenvalue weighted by Gasteiger charge is 2.63. The van der Waals surface area contributed by atoms with Crippen molar-refractivity contribution in [1.29, 1.82) is 5.26 Å². The number of hydrogen-bond donors (Lipinski definition) is 2. The molecule has 1 heterocycles. The predicted molar refractivity (Wildman–Crippen MR) is 81.1 cm³/mol. The van der Waals surface area contributed by atoms with Crippen LogP contribution in [0.5, 0.6) is 0 Å². The molecule has 5 rings (SSSR count). The zero-order valence-electron chi connectivity index (χ0n) is 13.4. The molecular formula is C17H24FN3O2. The van der Waals surface area contributed by atoms with Gasteiger partial charge < -0.3 is 15.3 Å². The summed E-state index contributed by atoms with van der Waals surface area (Å²) in [5.74, 6) is 0.132. The fourth-order valence-electron chi connectivity index (χ4n) is 6.03. The van der Waals surface area contributed by atoms with Crippen LogP contribution in [0.15, 0.2) is 0 Å². The van der Waals surface area contributed by atoms with E-state index < -0.39 is 16.8 Å². The Morgan fingerprint density at radius 2 is 2.17 bits per heavy atom. The van der Waals surface area contributed by atoms with E-state index in [9.17, 15) is 14.3 Å². The number of alkyl halides is 1. The van der Waals surface area contributed by atoms with E-state index in [0.29, 0.717) is 32.2 Å². The second kappa shape index (κ2) is 4.90. The van der Waals surface area contributed by atoms with E-state index in [2.05, 4.69) is 11.4 Å². The number of rotatable bonds is 3. The highest BCUT2D eigenvalue weighted by atomic mass is 19.1. The highest BCUT2D eigenvalue weighted by molar-refractivity contribution is 5.79. The Morgan fingerprint density at radius 1 is 1.35 bits per heavy atom. The predicted octanol–water partition coefficient (Wildman–Crippen LogP) is 1.27. The lowest BCUT2D eigenvalue weighted by atomic mass is 9.50. The van der Waals surface area contributed by atoms with Gasteiger partial charge in [-0.2, -0.15) is 5.26 Å². The lowest BCUT2D eigenvalue weighted by Gasteiger charge is -2.62. The Labute approximate surface area is 135 Å². The first-order valence-corrected chi connectivity index (χ1v) is 8.70. The fourth-order valence-corrected chi connectivity index (χ4v) is 6.03. The highest BCUT2D eigenvalue weighted by Crippen LogP contribution is 2.60. The van der Waals surface area contributed by atoms with Gasteiger partial charge >= 0.3 is 0 Å². The molecule has 4 bridgehead atoms. The number of carbonyl (C=O) groups excluding carboxylic acids is 1. The van der Waals surface area contributed by atoms with Crippen molar-refractivity contribution in [3.05, 3.63) is 0 Å². The number of nitriles is 1. The number of halogens is 1. The molecule has 0 aromatic carbocycles. The van der Waals surface area contributed by atoms with Crippen LogP contribution >= 0.6 is 0 Å². The summed E-state index contributed by atoms with van der Waals surface area (Å²) in [5, 5.41) is 23.1. The van der Waals surface area contributed by atoms with Crippen LogP contribution in [-0.2, 0) is 4.79 Å². The van der Waals surface area contributed by atoms with Crippen molar-refractivity contribution in [1.82, 2.24) is 10.2 Å². The normalized spacial score (nSPS) is 47.8. The number of carbonyl (C=O) groups is 1. The quantitative estimate of drug-likeness (QED) is 0.821. The molecule has 126 valence electrons. The summed E-state index contributed by atoms with van der Waals surface area (Å²) in [7, 11) is 0. The number of nitrogens with zero attached hydrogens (tertiary/aromatic N) is 2. The SMILES string of the molecule is N#C[C@@H]1CCCN1C(=O)CNC12CC3CC(O)(CC(F)(C3)C1)C2. The average Bonchev–Trinajstić information content (AvgIpc) is 2.89. The van der Waals surface area contributed by atoms with Crippen LogP contribution in [0.2, 0.25) is 0 Å². The van der Waals surface area contributed by atoms with Crippen molar-refractivity contribution in [2.75, 3.05) is 13.1 Å². The van der Waals surface area contributed by atoms with E-state index in [1.165, 1.54) is 0 Å². The topological polar surface area (TPSA) is 76.4 Å². The number of likely N-dealkylation sites (tertiary alicyclic amines) is 1. The van der Waals surface area contributed by atoms with Crippen LogP contribution < -0.4 is 5.32 Å². The van der Waals surface area contributed by atoms with Crippen LogP contribution in [0.4, 0.5) is 4.39 Å². The van der Waals surface area contributed by atoms with Gasteiger partial charge in [0.25, 0.3) is 0 Å². The van der Waals surface area contributed by atoms with Crippen molar-refractivity contribution in [3.8, 4) is 6.07 Å². The fraction of sp³-hybridized carbons (Fsp3) is 0.882. The molecule has 1 saturated heterocycles. The average molecular weight is 321 g/mol. The molecule has 5 atom stereocenters. The van der Waals surface area contributed by atoms with Gasteiger partial charge in [0, 0.05) is 18.5 Å². The number of amides is 1. The summed E-state index contributed by atoms with van der Waals surface area (Å²) in [6.45, 7) is 0.766. The standard InChI is InChI=1S/C17H24FN3O2/c18-15-4-12-5-16(9-15,11-17(23,6-12)10-15)20-8-14(22)21-3-1-2-13(21)7-19/h12-13,20,23H,1-6,8-11H2/t12?,13-,15?,16?,17?/m0/s1. The third kappa shape index (κ3) is 2.54. The molecule has 5 nitrogen and oxygen atoms in total. The minimum Gasteiger partial charge on any atom is -0.390 e. The molecule has 0 radical (unpaired) electrons. The van der Waals surface area contributed by atoms with E-state index in [1.54, 1.807) is 4.90 Å². The maximum Gasteiger partial charge on any atom is 0.237 e. The first-order valence-electron chi connectivity index (χ1n) is 8.70. The Balaban J connectivity index is 1.45. The molecule has 1 amide bonds. The summed E-state index contributed by atoms with van der Waals surface area (Å²) in [5.41, 5.74) is -2.65. The molecule has 4 saturated carbocycles. The van der Waals surface area contributed by atoms with E-state index >= 15 is 0 Å². The largest absolute Gasteiger partial charge is 0.390 e. The van der Waals surface area contributed by atoms with Crippen molar-refractivity contribution in [3.63, 3.8) is 0 Å². The number of hydrogen-bond acceptors (Lipinski definition) is 4. The minimum absolute atomic E-state index is 0.0790. The molecule has 1 aliphatic heterocycles. The van der Waals surface area contributed by atoms with E-state index in [-0.39, 0.29) is 30.8 Å². The van der Waals surface area contributed by atoms with Crippen molar-refractivity contribution < 1.29 is 14.3 Å². The van der Waals surface area contributed by atoms with Gasteiger partial charge in [0.1, 0.15) is 11.7 Å². The van der Waals surface area contributed by atoms with Crippen LogP contribution in [0.1, 0.15) is 51.4 Å². The summed E-state index contributed by atoms with van der Waals surface area (Å²) < 4.78 is 15.0. The minimum atomic E-state index is -1.28. The van der Waals surface area contributed by atoms with Crippen LogP contribution in [-0.4, -0.2) is 51.9 Å². The third-order valence-corrected chi connectivity index (χ3v) is 6.31. The number of nitrogens with one attached hydrogen (secondary N) is 1. The molecule has 6 heteroatoms. The molecule has 5 aliphatic rings. The van der Waals surface area contributed by atoms with Crippen molar-refractivity contribution in [2.24, 2.45) is 5.92 Å². The van der Waals surface area contributed by atoms with Gasteiger partial charge in [-0.15, -0.1) is 0 Å². The van der Waals surface area contributed by atoms with E-state index in [0.717, 1.165) is 19.3 Å². The molecule has 0 aromatic rings. The zero-order chi connectivity index (χ0) is 16.3. The molecule has 0 aromatic heterocycles. The molecule has 5 fully saturated rings. The van der Waals surface area contributed by atoms with Crippen LogP contribution in [0, 0.1) is 17.2 Å². The Bertz CT molecular complexity index is 557. The molecule has 23 heavy (non-hydrogen) atoms. The smallest absolute Gasteiger partial charge is 0.237 e. The summed E-state index contributed by atoms with van der Waals surface area (Å²) >= 11 is 0. The Hall–Kier alpha value is -1.19. The maximum atomic E-state index is 15.0. The van der Waals surface area contributed by atoms with Gasteiger partial charge in [0.2, 0.25) is 5.91 Å². The monoisotopic (exact) mass is 321 g/mol. The lowest BCUT2D eigenvalue weighted by molar-refractivity contribution is -0.186. The molecule has 4 aliphatic carbocycles. The molecule has 2 N–H and O–H groups in total. The second-order valence-corrected chi connectivity index (χ2v) is 8.39. The summed E-state index contributed by atoms with van der Waals surface area (Å²) in [6.07, 6.45) is 4.87. The Kier molecular flexibility index (Phi) is 3.27. The summed E-state index contributed by atoms with van der Waals surface area (Å²) in [4.78, 5) is 14.1. The van der Waals surface area contributed by atoms with Gasteiger partial charge in [-0.3, -0.25) is 4.79 Å². The lowest BCUT2D eigenvalue weighted by Crippen LogP contribution is -2.69. The molecule has 0 spiro atoms. The third-order valence-electron chi connectivity index (χ3n) is 6.31. The van der Waals surface area contributed by atoms with Crippen molar-refractivity contribution >= 4 is 5.91 Å². The van der Waals surface area contributed by atoms with Gasteiger partial charge in [-0.25, -0.2) is 4.39 Å². The first kappa shape index (κ1) is 15.3. The van der Waals surface area contributed by atoms with Gasteiger partial charge in [0.15, 0.2) is 0 Å². The summed E-state index contributed by atoms with van der Waals surface area (Å²) in [6, 6.07) is 1.86.